The largest absolute Gasteiger partial charge is 0.390 e. The molecule has 1 aliphatic rings. The van der Waals surface area contributed by atoms with Crippen LogP contribution in [0.5, 0.6) is 0 Å². The molecule has 2 nitrogen and oxygen atoms in total. The van der Waals surface area contributed by atoms with Crippen molar-refractivity contribution in [2.75, 3.05) is 13.2 Å². The summed E-state index contributed by atoms with van der Waals surface area (Å²) in [4.78, 5) is 0. The third kappa shape index (κ3) is 3.15. The molecule has 0 radical (unpaired) electrons. The molecule has 5 heteroatoms. The van der Waals surface area contributed by atoms with E-state index in [-0.39, 0.29) is 6.04 Å². The van der Waals surface area contributed by atoms with Crippen LogP contribution in [0.3, 0.4) is 0 Å². The lowest BCUT2D eigenvalue weighted by Crippen LogP contribution is -2.41. The summed E-state index contributed by atoms with van der Waals surface area (Å²) in [6.07, 6.45) is 1.44. The number of fused-ring (bicyclic) bond motifs is 1. The number of aliphatic hydroxyl groups excluding tert-OH is 1. The molecular formula is C12H14ClF2NO. The number of aliphatic hydroxyl groups is 1. The second-order valence-corrected chi connectivity index (χ2v) is 4.85. The molecule has 2 rings (SSSR count). The van der Waals surface area contributed by atoms with Crippen molar-refractivity contribution in [3.8, 4) is 0 Å². The van der Waals surface area contributed by atoms with Crippen LogP contribution in [-0.4, -0.2) is 30.2 Å². The Bertz CT molecular complexity index is 411. The minimum Gasteiger partial charge on any atom is -0.390 e. The number of benzene rings is 1. The van der Waals surface area contributed by atoms with E-state index in [1.54, 1.807) is 0 Å². The molecule has 1 aromatic carbocycles. The van der Waals surface area contributed by atoms with E-state index >= 15 is 0 Å². The van der Waals surface area contributed by atoms with Crippen LogP contribution >= 0.6 is 11.6 Å². The van der Waals surface area contributed by atoms with E-state index in [2.05, 4.69) is 5.32 Å². The summed E-state index contributed by atoms with van der Waals surface area (Å²) < 4.78 is 25.7. The van der Waals surface area contributed by atoms with E-state index in [0.717, 1.165) is 17.5 Å². The molecule has 0 saturated carbocycles. The minimum atomic E-state index is -3.05. The average Bonchev–Trinajstić information content (AvgIpc) is 2.68. The fourth-order valence-electron chi connectivity index (χ4n) is 2.08. The molecule has 0 spiro atoms. The van der Waals surface area contributed by atoms with Gasteiger partial charge in [-0.15, -0.1) is 0 Å². The number of rotatable bonds is 4. The van der Waals surface area contributed by atoms with Crippen molar-refractivity contribution in [3.63, 3.8) is 0 Å². The van der Waals surface area contributed by atoms with Crippen LogP contribution in [0.2, 0.25) is 5.02 Å². The molecule has 1 aromatic rings. The number of nitrogens with one attached hydrogen (secondary N) is 1. The van der Waals surface area contributed by atoms with Gasteiger partial charge < -0.3 is 10.4 Å². The van der Waals surface area contributed by atoms with Gasteiger partial charge in [0.2, 0.25) is 0 Å². The zero-order chi connectivity index (χ0) is 12.5. The van der Waals surface area contributed by atoms with Gasteiger partial charge in [-0.25, -0.2) is 8.78 Å². The molecule has 2 N–H and O–H groups in total. The van der Waals surface area contributed by atoms with E-state index in [0.29, 0.717) is 11.4 Å². The topological polar surface area (TPSA) is 32.3 Å². The van der Waals surface area contributed by atoms with Crippen molar-refractivity contribution < 1.29 is 13.9 Å². The Hall–Kier alpha value is -0.710. The molecule has 94 valence electrons. The molecule has 0 heterocycles. The molecule has 1 aliphatic carbocycles. The SMILES string of the molecule is OCC(F)(F)CNC1Cc2ccc(Cl)cc2C1. The molecule has 17 heavy (non-hydrogen) atoms. The molecule has 0 saturated heterocycles. The first-order valence-electron chi connectivity index (χ1n) is 5.49. The van der Waals surface area contributed by atoms with E-state index in [9.17, 15) is 8.78 Å². The quantitative estimate of drug-likeness (QED) is 0.869. The fourth-order valence-corrected chi connectivity index (χ4v) is 2.28. The maximum Gasteiger partial charge on any atom is 0.282 e. The molecule has 0 bridgehead atoms. The van der Waals surface area contributed by atoms with E-state index in [1.165, 1.54) is 0 Å². The van der Waals surface area contributed by atoms with Crippen molar-refractivity contribution in [2.45, 2.75) is 24.8 Å². The third-order valence-electron chi connectivity index (χ3n) is 2.98. The van der Waals surface area contributed by atoms with E-state index < -0.39 is 19.1 Å². The molecule has 0 amide bonds. The molecular weight excluding hydrogens is 248 g/mol. The number of alkyl halides is 2. The third-order valence-corrected chi connectivity index (χ3v) is 3.22. The monoisotopic (exact) mass is 261 g/mol. The van der Waals surface area contributed by atoms with Gasteiger partial charge in [-0.2, -0.15) is 0 Å². The van der Waals surface area contributed by atoms with Gasteiger partial charge in [0.25, 0.3) is 5.92 Å². The Balaban J connectivity index is 1.92. The summed E-state index contributed by atoms with van der Waals surface area (Å²) in [5.74, 6) is -3.05. The Morgan fingerprint density at radius 3 is 2.76 bits per heavy atom. The lowest BCUT2D eigenvalue weighted by Gasteiger charge is -2.17. The lowest BCUT2D eigenvalue weighted by molar-refractivity contribution is -0.0491. The van der Waals surface area contributed by atoms with Gasteiger partial charge in [0.05, 0.1) is 6.54 Å². The van der Waals surface area contributed by atoms with Crippen molar-refractivity contribution in [3.05, 3.63) is 34.3 Å². The van der Waals surface area contributed by atoms with Crippen molar-refractivity contribution >= 4 is 11.6 Å². The first kappa shape index (κ1) is 12.7. The van der Waals surface area contributed by atoms with Gasteiger partial charge in [-0.3, -0.25) is 0 Å². The van der Waals surface area contributed by atoms with Crippen LogP contribution in [-0.2, 0) is 12.8 Å². The highest BCUT2D eigenvalue weighted by molar-refractivity contribution is 6.30. The van der Waals surface area contributed by atoms with E-state index in [4.69, 9.17) is 16.7 Å². The summed E-state index contributed by atoms with van der Waals surface area (Å²) >= 11 is 5.87. The van der Waals surface area contributed by atoms with Crippen LogP contribution < -0.4 is 5.32 Å². The smallest absolute Gasteiger partial charge is 0.282 e. The predicted molar refractivity (Wildman–Crippen MR) is 62.7 cm³/mol. The number of hydrogen-bond acceptors (Lipinski definition) is 2. The van der Waals surface area contributed by atoms with Gasteiger partial charge in [0, 0.05) is 11.1 Å². The molecule has 0 fully saturated rings. The van der Waals surface area contributed by atoms with Gasteiger partial charge >= 0.3 is 0 Å². The Morgan fingerprint density at radius 2 is 2.06 bits per heavy atom. The fraction of sp³-hybridized carbons (Fsp3) is 0.500. The highest BCUT2D eigenvalue weighted by atomic mass is 35.5. The second-order valence-electron chi connectivity index (χ2n) is 4.41. The van der Waals surface area contributed by atoms with Gasteiger partial charge in [-0.1, -0.05) is 17.7 Å². The van der Waals surface area contributed by atoms with E-state index in [1.807, 2.05) is 18.2 Å². The summed E-state index contributed by atoms with van der Waals surface area (Å²) in [5, 5.41) is 11.9. The highest BCUT2D eigenvalue weighted by Crippen LogP contribution is 2.25. The van der Waals surface area contributed by atoms with Crippen LogP contribution in [0.15, 0.2) is 18.2 Å². The van der Waals surface area contributed by atoms with Gasteiger partial charge in [0.1, 0.15) is 6.61 Å². The standard InChI is InChI=1S/C12H14ClF2NO/c13-10-2-1-8-4-11(5-9(8)3-10)16-6-12(14,15)7-17/h1-3,11,16-17H,4-7H2. The summed E-state index contributed by atoms with van der Waals surface area (Å²) in [7, 11) is 0. The van der Waals surface area contributed by atoms with Crippen LogP contribution in [0.1, 0.15) is 11.1 Å². The van der Waals surface area contributed by atoms with Crippen molar-refractivity contribution in [1.29, 1.82) is 0 Å². The zero-order valence-corrected chi connectivity index (χ0v) is 9.97. The van der Waals surface area contributed by atoms with Gasteiger partial charge in [0.15, 0.2) is 0 Å². The number of halogens is 3. The lowest BCUT2D eigenvalue weighted by atomic mass is 10.1. The Kier molecular flexibility index (Phi) is 3.66. The van der Waals surface area contributed by atoms with Crippen LogP contribution in [0.25, 0.3) is 0 Å². The van der Waals surface area contributed by atoms with Crippen molar-refractivity contribution in [2.24, 2.45) is 0 Å². The Labute approximate surface area is 104 Å². The minimum absolute atomic E-state index is 0.000826. The molecule has 1 atom stereocenters. The first-order valence-corrected chi connectivity index (χ1v) is 5.87. The summed E-state index contributed by atoms with van der Waals surface area (Å²) in [5.41, 5.74) is 2.27. The molecule has 0 aliphatic heterocycles. The average molecular weight is 262 g/mol. The first-order chi connectivity index (χ1) is 8.00. The second kappa shape index (κ2) is 4.88. The Morgan fingerprint density at radius 1 is 1.35 bits per heavy atom. The maximum absolute atomic E-state index is 12.9. The summed E-state index contributed by atoms with van der Waals surface area (Å²) in [6.45, 7) is -1.61. The van der Waals surface area contributed by atoms with Gasteiger partial charge in [-0.05, 0) is 36.1 Å². The maximum atomic E-state index is 12.9. The van der Waals surface area contributed by atoms with Crippen LogP contribution in [0, 0.1) is 0 Å². The normalized spacial score (nSPS) is 19.4. The molecule has 1 unspecified atom stereocenters. The number of hydrogen-bond donors (Lipinski definition) is 2. The van der Waals surface area contributed by atoms with Crippen LogP contribution in [0.4, 0.5) is 8.78 Å². The zero-order valence-electron chi connectivity index (χ0n) is 9.22. The summed E-state index contributed by atoms with van der Waals surface area (Å²) in [6, 6.07) is 5.62. The molecule has 0 aromatic heterocycles. The van der Waals surface area contributed by atoms with Crippen molar-refractivity contribution in [1.82, 2.24) is 5.32 Å². The predicted octanol–water partition coefficient (Wildman–Crippen LogP) is 2.02. The highest BCUT2D eigenvalue weighted by Gasteiger charge is 2.30.